The van der Waals surface area contributed by atoms with Gasteiger partial charge in [0.2, 0.25) is 0 Å². The van der Waals surface area contributed by atoms with Gasteiger partial charge in [-0.3, -0.25) is 9.89 Å². The van der Waals surface area contributed by atoms with Gasteiger partial charge in [-0.25, -0.2) is 0 Å². The van der Waals surface area contributed by atoms with Crippen LogP contribution in [0.2, 0.25) is 0 Å². The third kappa shape index (κ3) is 3.42. The van der Waals surface area contributed by atoms with Gasteiger partial charge in [0.15, 0.2) is 5.69 Å². The number of carbonyl (C=O) groups is 1. The van der Waals surface area contributed by atoms with Gasteiger partial charge in [-0.1, -0.05) is 18.2 Å². The first-order chi connectivity index (χ1) is 10.3. The zero-order valence-electron chi connectivity index (χ0n) is 12.8. The third-order valence-electron chi connectivity index (χ3n) is 4.38. The van der Waals surface area contributed by atoms with Gasteiger partial charge in [-0.05, 0) is 44.8 Å². The molecule has 22 heavy (non-hydrogen) atoms. The number of nitrogens with zero attached hydrogens (tertiary/aromatic N) is 2. The number of piperidine rings is 1. The summed E-state index contributed by atoms with van der Waals surface area (Å²) in [4.78, 5) is 14.6. The summed E-state index contributed by atoms with van der Waals surface area (Å²) in [6, 6.07) is 7.79. The maximum absolute atomic E-state index is 12.6. The van der Waals surface area contributed by atoms with Crippen molar-refractivity contribution in [2.24, 2.45) is 5.92 Å². The molecule has 6 heteroatoms. The summed E-state index contributed by atoms with van der Waals surface area (Å²) < 4.78 is 0. The Morgan fingerprint density at radius 1 is 1.36 bits per heavy atom. The molecule has 0 aliphatic carbocycles. The Balaban J connectivity index is 0.00000176. The number of nitrogens with one attached hydrogen (secondary N) is 2. The van der Waals surface area contributed by atoms with Crippen LogP contribution in [-0.4, -0.2) is 47.7 Å². The highest BCUT2D eigenvalue weighted by atomic mass is 35.5. The summed E-state index contributed by atoms with van der Waals surface area (Å²) in [6.45, 7) is 2.74. The zero-order valence-corrected chi connectivity index (χ0v) is 13.7. The number of aromatic amines is 1. The third-order valence-corrected chi connectivity index (χ3v) is 4.38. The second-order valence-electron chi connectivity index (χ2n) is 5.75. The van der Waals surface area contributed by atoms with E-state index in [0.29, 0.717) is 5.69 Å². The van der Waals surface area contributed by atoms with Crippen LogP contribution in [0.25, 0.3) is 10.9 Å². The van der Waals surface area contributed by atoms with Gasteiger partial charge in [0, 0.05) is 18.5 Å². The van der Waals surface area contributed by atoms with Gasteiger partial charge in [-0.15, -0.1) is 12.4 Å². The Labute approximate surface area is 136 Å². The second kappa shape index (κ2) is 7.61. The maximum atomic E-state index is 12.6. The molecule has 0 saturated carbocycles. The number of likely N-dealkylation sites (tertiary alicyclic amines) is 1. The minimum Gasteiger partial charge on any atom is -0.337 e. The van der Waals surface area contributed by atoms with Crippen molar-refractivity contribution in [3.63, 3.8) is 0 Å². The lowest BCUT2D eigenvalue weighted by atomic mass is 9.93. The molecule has 0 unspecified atom stereocenters. The van der Waals surface area contributed by atoms with E-state index >= 15 is 0 Å². The van der Waals surface area contributed by atoms with Crippen LogP contribution in [0, 0.1) is 5.92 Å². The van der Waals surface area contributed by atoms with Crippen molar-refractivity contribution in [2.75, 3.05) is 26.7 Å². The van der Waals surface area contributed by atoms with E-state index in [9.17, 15) is 4.79 Å². The van der Waals surface area contributed by atoms with Crippen LogP contribution in [0.5, 0.6) is 0 Å². The van der Waals surface area contributed by atoms with Crippen molar-refractivity contribution in [3.8, 4) is 0 Å². The monoisotopic (exact) mass is 322 g/mol. The van der Waals surface area contributed by atoms with Gasteiger partial charge in [0.05, 0.1) is 5.52 Å². The smallest absolute Gasteiger partial charge is 0.274 e. The fraction of sp³-hybridized carbons (Fsp3) is 0.500. The van der Waals surface area contributed by atoms with Crippen LogP contribution in [0.15, 0.2) is 24.3 Å². The molecule has 1 saturated heterocycles. The Hall–Kier alpha value is -1.59. The number of fused-ring (bicyclic) bond motifs is 1. The first-order valence-electron chi connectivity index (χ1n) is 7.66. The number of halogens is 1. The molecule has 2 aromatic rings. The van der Waals surface area contributed by atoms with E-state index < -0.39 is 0 Å². The zero-order chi connectivity index (χ0) is 14.7. The minimum atomic E-state index is 0. The summed E-state index contributed by atoms with van der Waals surface area (Å²) in [5.41, 5.74) is 1.48. The highest BCUT2D eigenvalue weighted by Gasteiger charge is 2.25. The van der Waals surface area contributed by atoms with Gasteiger partial charge in [0.25, 0.3) is 5.91 Å². The van der Waals surface area contributed by atoms with E-state index in [0.717, 1.165) is 49.3 Å². The number of hydrogen-bond donors (Lipinski definition) is 2. The molecule has 1 fully saturated rings. The molecule has 1 aromatic carbocycles. The molecule has 0 bridgehead atoms. The average Bonchev–Trinajstić information content (AvgIpc) is 2.97. The van der Waals surface area contributed by atoms with Crippen LogP contribution in [0.1, 0.15) is 29.8 Å². The average molecular weight is 323 g/mol. The molecule has 1 aliphatic rings. The SMILES string of the molecule is CNCCC1CCN(C(=O)c2n[nH]c3ccccc23)CC1.Cl. The van der Waals surface area contributed by atoms with Crippen LogP contribution >= 0.6 is 12.4 Å². The van der Waals surface area contributed by atoms with E-state index in [4.69, 9.17) is 0 Å². The highest BCUT2D eigenvalue weighted by molar-refractivity contribution is 6.04. The lowest BCUT2D eigenvalue weighted by Gasteiger charge is -2.31. The predicted octanol–water partition coefficient (Wildman–Crippen LogP) is 2.45. The van der Waals surface area contributed by atoms with Crippen molar-refractivity contribution < 1.29 is 4.79 Å². The Morgan fingerprint density at radius 2 is 2.09 bits per heavy atom. The lowest BCUT2D eigenvalue weighted by molar-refractivity contribution is 0.0683. The van der Waals surface area contributed by atoms with Crippen LogP contribution < -0.4 is 5.32 Å². The van der Waals surface area contributed by atoms with Crippen molar-refractivity contribution >= 4 is 29.2 Å². The molecule has 0 spiro atoms. The number of hydrogen-bond acceptors (Lipinski definition) is 3. The lowest BCUT2D eigenvalue weighted by Crippen LogP contribution is -2.39. The summed E-state index contributed by atoms with van der Waals surface area (Å²) in [7, 11) is 1.99. The number of rotatable bonds is 4. The Morgan fingerprint density at radius 3 is 2.82 bits per heavy atom. The number of amides is 1. The molecule has 0 radical (unpaired) electrons. The van der Waals surface area contributed by atoms with E-state index in [1.165, 1.54) is 6.42 Å². The van der Waals surface area contributed by atoms with Crippen molar-refractivity contribution in [1.82, 2.24) is 20.4 Å². The Kier molecular flexibility index (Phi) is 5.80. The van der Waals surface area contributed by atoms with Crippen LogP contribution in [0.4, 0.5) is 0 Å². The van der Waals surface area contributed by atoms with Gasteiger partial charge < -0.3 is 10.2 Å². The normalized spacial score (nSPS) is 15.8. The van der Waals surface area contributed by atoms with Crippen molar-refractivity contribution in [3.05, 3.63) is 30.0 Å². The first-order valence-corrected chi connectivity index (χ1v) is 7.66. The highest BCUT2D eigenvalue weighted by Crippen LogP contribution is 2.23. The summed E-state index contributed by atoms with van der Waals surface area (Å²) >= 11 is 0. The predicted molar refractivity (Wildman–Crippen MR) is 90.5 cm³/mol. The summed E-state index contributed by atoms with van der Waals surface area (Å²) in [5, 5.41) is 11.3. The van der Waals surface area contributed by atoms with Gasteiger partial charge in [-0.2, -0.15) is 5.10 Å². The molecular formula is C16H23ClN4O. The van der Waals surface area contributed by atoms with Crippen molar-refractivity contribution in [2.45, 2.75) is 19.3 Å². The minimum absolute atomic E-state index is 0. The summed E-state index contributed by atoms with van der Waals surface area (Å²) in [5.74, 6) is 0.789. The Bertz CT molecular complexity index is 619. The number of benzene rings is 1. The van der Waals surface area contributed by atoms with E-state index in [1.807, 2.05) is 36.2 Å². The molecule has 2 heterocycles. The number of H-pyrrole nitrogens is 1. The van der Waals surface area contributed by atoms with Crippen molar-refractivity contribution in [1.29, 1.82) is 0 Å². The molecule has 0 atom stereocenters. The molecule has 1 aromatic heterocycles. The van der Waals surface area contributed by atoms with Gasteiger partial charge in [0.1, 0.15) is 0 Å². The largest absolute Gasteiger partial charge is 0.337 e. The van der Waals surface area contributed by atoms with Crippen LogP contribution in [-0.2, 0) is 0 Å². The molecule has 2 N–H and O–H groups in total. The first kappa shape index (κ1) is 16.8. The van der Waals surface area contributed by atoms with E-state index in [1.54, 1.807) is 0 Å². The molecule has 120 valence electrons. The molecular weight excluding hydrogens is 300 g/mol. The molecule has 5 nitrogen and oxygen atoms in total. The summed E-state index contributed by atoms with van der Waals surface area (Å²) in [6.07, 6.45) is 3.38. The maximum Gasteiger partial charge on any atom is 0.274 e. The second-order valence-corrected chi connectivity index (χ2v) is 5.75. The topological polar surface area (TPSA) is 61.0 Å². The quantitative estimate of drug-likeness (QED) is 0.909. The van der Waals surface area contributed by atoms with E-state index in [-0.39, 0.29) is 18.3 Å². The molecule has 3 rings (SSSR count). The standard InChI is InChI=1S/C16H22N4O.ClH/c1-17-9-6-12-7-10-20(11-8-12)16(21)15-13-4-2-3-5-14(13)18-19-15;/h2-5,12,17H,6-11H2,1H3,(H,18,19);1H. The van der Waals surface area contributed by atoms with Gasteiger partial charge >= 0.3 is 0 Å². The molecule has 1 amide bonds. The van der Waals surface area contributed by atoms with E-state index in [2.05, 4.69) is 15.5 Å². The fourth-order valence-electron chi connectivity index (χ4n) is 3.05. The number of carbonyl (C=O) groups excluding carboxylic acids is 1. The fourth-order valence-corrected chi connectivity index (χ4v) is 3.05. The number of para-hydroxylation sites is 1. The molecule has 1 aliphatic heterocycles. The van der Waals surface area contributed by atoms with Crippen LogP contribution in [0.3, 0.4) is 0 Å². The number of aromatic nitrogens is 2.